The second-order valence-corrected chi connectivity index (χ2v) is 8.20. The van der Waals surface area contributed by atoms with Crippen LogP contribution in [0.15, 0.2) is 0 Å². The number of nitrogens with two attached hydrogens (primary N) is 1. The van der Waals surface area contributed by atoms with Crippen LogP contribution >= 0.6 is 0 Å². The van der Waals surface area contributed by atoms with Gasteiger partial charge in [0.15, 0.2) is 0 Å². The van der Waals surface area contributed by atoms with Crippen LogP contribution in [0, 0.1) is 11.8 Å². The normalized spacial score (nSPS) is 15.7. The number of nitrogens with one attached hydrogen (secondary N) is 4. The first-order valence-corrected chi connectivity index (χ1v) is 10.5. The molecule has 4 amide bonds. The molecule has 0 aliphatic rings. The van der Waals surface area contributed by atoms with Crippen molar-refractivity contribution in [3.63, 3.8) is 0 Å². The van der Waals surface area contributed by atoms with Gasteiger partial charge in [-0.3, -0.25) is 19.2 Å². The zero-order chi connectivity index (χ0) is 24.3. The van der Waals surface area contributed by atoms with Gasteiger partial charge >= 0.3 is 5.97 Å². The topological polar surface area (TPSA) is 180 Å². The zero-order valence-electron chi connectivity index (χ0n) is 19.2. The van der Waals surface area contributed by atoms with Crippen LogP contribution in [0.1, 0.15) is 54.4 Å². The Morgan fingerprint density at radius 2 is 1.45 bits per heavy atom. The molecule has 0 aliphatic carbocycles. The SMILES string of the molecule is CC[C@H](C)[C@H](NC(=O)[C@H](C)NC(=O)CNC(=O)[C@H](C)N)C(=O)N[C@@H](CC(C)C)C(=O)O. The van der Waals surface area contributed by atoms with Crippen LogP contribution in [-0.4, -0.2) is 65.4 Å². The summed E-state index contributed by atoms with van der Waals surface area (Å²) in [7, 11) is 0. The lowest BCUT2D eigenvalue weighted by molar-refractivity contribution is -0.143. The highest BCUT2D eigenvalue weighted by Gasteiger charge is 2.31. The van der Waals surface area contributed by atoms with E-state index in [-0.39, 0.29) is 24.8 Å². The van der Waals surface area contributed by atoms with Crippen LogP contribution in [0.4, 0.5) is 0 Å². The van der Waals surface area contributed by atoms with Crippen molar-refractivity contribution in [1.82, 2.24) is 21.3 Å². The third kappa shape index (κ3) is 10.8. The molecule has 11 nitrogen and oxygen atoms in total. The van der Waals surface area contributed by atoms with Gasteiger partial charge in [-0.15, -0.1) is 0 Å². The molecule has 11 heteroatoms. The van der Waals surface area contributed by atoms with Gasteiger partial charge in [0.25, 0.3) is 0 Å². The second kappa shape index (κ2) is 13.6. The van der Waals surface area contributed by atoms with Crippen molar-refractivity contribution in [3.05, 3.63) is 0 Å². The summed E-state index contributed by atoms with van der Waals surface area (Å²) in [6.07, 6.45) is 0.812. The van der Waals surface area contributed by atoms with Crippen molar-refractivity contribution < 1.29 is 29.1 Å². The van der Waals surface area contributed by atoms with E-state index in [4.69, 9.17) is 5.73 Å². The summed E-state index contributed by atoms with van der Waals surface area (Å²) < 4.78 is 0. The molecule has 0 saturated heterocycles. The molecule has 0 radical (unpaired) electrons. The van der Waals surface area contributed by atoms with Crippen LogP contribution in [0.25, 0.3) is 0 Å². The number of carbonyl (C=O) groups is 5. The minimum absolute atomic E-state index is 0.0519. The van der Waals surface area contributed by atoms with Crippen molar-refractivity contribution in [3.8, 4) is 0 Å². The number of carboxylic acid groups (broad SMARTS) is 1. The molecule has 7 N–H and O–H groups in total. The first-order chi connectivity index (χ1) is 14.3. The highest BCUT2D eigenvalue weighted by atomic mass is 16.4. The zero-order valence-corrected chi connectivity index (χ0v) is 19.2. The molecule has 0 fully saturated rings. The Bertz CT molecular complexity index is 652. The Hall–Kier alpha value is -2.69. The number of carbonyl (C=O) groups excluding carboxylic acids is 4. The maximum Gasteiger partial charge on any atom is 0.326 e. The van der Waals surface area contributed by atoms with Gasteiger partial charge in [-0.2, -0.15) is 0 Å². The molecule has 0 spiro atoms. The summed E-state index contributed by atoms with van der Waals surface area (Å²) in [5.41, 5.74) is 5.39. The summed E-state index contributed by atoms with van der Waals surface area (Å²) in [5, 5.41) is 19.2. The number of hydrogen-bond acceptors (Lipinski definition) is 6. The Morgan fingerprint density at radius 3 is 1.90 bits per heavy atom. The maximum atomic E-state index is 12.7. The van der Waals surface area contributed by atoms with Crippen molar-refractivity contribution in [2.45, 2.75) is 78.6 Å². The number of hydrogen-bond donors (Lipinski definition) is 6. The van der Waals surface area contributed by atoms with E-state index >= 15 is 0 Å². The lowest BCUT2D eigenvalue weighted by Gasteiger charge is -2.27. The monoisotopic (exact) mass is 443 g/mol. The molecule has 0 rings (SSSR count). The van der Waals surface area contributed by atoms with Crippen molar-refractivity contribution in [2.75, 3.05) is 6.54 Å². The highest BCUT2D eigenvalue weighted by Crippen LogP contribution is 2.11. The van der Waals surface area contributed by atoms with Crippen LogP contribution in [-0.2, 0) is 24.0 Å². The molecule has 0 heterocycles. The summed E-state index contributed by atoms with van der Waals surface area (Å²) in [5.74, 6) is -3.67. The maximum absolute atomic E-state index is 12.7. The van der Waals surface area contributed by atoms with Crippen LogP contribution in [0.5, 0.6) is 0 Å². The van der Waals surface area contributed by atoms with Gasteiger partial charge < -0.3 is 32.1 Å². The van der Waals surface area contributed by atoms with Crippen LogP contribution in [0.2, 0.25) is 0 Å². The predicted octanol–water partition coefficient (Wildman–Crippen LogP) is -0.899. The molecule has 0 aromatic rings. The molecule has 5 atom stereocenters. The van der Waals surface area contributed by atoms with E-state index < -0.39 is 53.8 Å². The van der Waals surface area contributed by atoms with Gasteiger partial charge in [-0.25, -0.2) is 4.79 Å². The van der Waals surface area contributed by atoms with Crippen molar-refractivity contribution in [2.24, 2.45) is 17.6 Å². The van der Waals surface area contributed by atoms with Crippen LogP contribution in [0.3, 0.4) is 0 Å². The summed E-state index contributed by atoms with van der Waals surface area (Å²) in [6.45, 7) is 9.85. The molecule has 0 saturated carbocycles. The number of rotatable bonds is 13. The number of aliphatic carboxylic acids is 1. The fourth-order valence-corrected chi connectivity index (χ4v) is 2.62. The molecular formula is C20H37N5O6. The van der Waals surface area contributed by atoms with Crippen molar-refractivity contribution >= 4 is 29.6 Å². The Balaban J connectivity index is 5.04. The first-order valence-electron chi connectivity index (χ1n) is 10.5. The fraction of sp³-hybridized carbons (Fsp3) is 0.750. The van der Waals surface area contributed by atoms with Crippen molar-refractivity contribution in [1.29, 1.82) is 0 Å². The van der Waals surface area contributed by atoms with Gasteiger partial charge in [0, 0.05) is 0 Å². The minimum Gasteiger partial charge on any atom is -0.480 e. The predicted molar refractivity (Wildman–Crippen MR) is 115 cm³/mol. The van der Waals surface area contributed by atoms with Gasteiger partial charge in [-0.05, 0) is 32.1 Å². The van der Waals surface area contributed by atoms with E-state index in [0.717, 1.165) is 0 Å². The molecule has 0 bridgehead atoms. The molecule has 31 heavy (non-hydrogen) atoms. The Labute approximate surface area is 183 Å². The summed E-state index contributed by atoms with van der Waals surface area (Å²) in [6, 6.07) is -3.79. The van der Waals surface area contributed by atoms with E-state index in [1.54, 1.807) is 6.92 Å². The summed E-state index contributed by atoms with van der Waals surface area (Å²) in [4.78, 5) is 60.0. The van der Waals surface area contributed by atoms with E-state index in [2.05, 4.69) is 21.3 Å². The number of amides is 4. The van der Waals surface area contributed by atoms with Gasteiger partial charge in [0.05, 0.1) is 12.6 Å². The second-order valence-electron chi connectivity index (χ2n) is 8.20. The summed E-state index contributed by atoms with van der Waals surface area (Å²) >= 11 is 0. The molecule has 0 aliphatic heterocycles. The molecule has 0 aromatic heterocycles. The third-order valence-corrected chi connectivity index (χ3v) is 4.72. The lowest BCUT2D eigenvalue weighted by atomic mass is 9.96. The van der Waals surface area contributed by atoms with E-state index in [0.29, 0.717) is 6.42 Å². The fourth-order valence-electron chi connectivity index (χ4n) is 2.62. The standard InChI is InChI=1S/C20H37N5O6/c1-7-11(4)16(19(29)24-14(20(30)31)8-10(2)3)25-18(28)13(6)23-15(26)9-22-17(27)12(5)21/h10-14,16H,7-9,21H2,1-6H3,(H,22,27)(H,23,26)(H,24,29)(H,25,28)(H,30,31)/t11-,12-,13-,14-,16-/m0/s1. The third-order valence-electron chi connectivity index (χ3n) is 4.72. The van der Waals surface area contributed by atoms with Gasteiger partial charge in [-0.1, -0.05) is 34.1 Å². The first kappa shape index (κ1) is 28.3. The minimum atomic E-state index is -1.15. The molecule has 178 valence electrons. The largest absolute Gasteiger partial charge is 0.480 e. The Kier molecular flexibility index (Phi) is 12.4. The van der Waals surface area contributed by atoms with Crippen LogP contribution < -0.4 is 27.0 Å². The highest BCUT2D eigenvalue weighted by molar-refractivity contribution is 5.94. The number of carboxylic acids is 1. The lowest BCUT2D eigenvalue weighted by Crippen LogP contribution is -2.57. The smallest absolute Gasteiger partial charge is 0.326 e. The van der Waals surface area contributed by atoms with Gasteiger partial charge in [0.2, 0.25) is 23.6 Å². The quantitative estimate of drug-likeness (QED) is 0.213. The average Bonchev–Trinajstić information content (AvgIpc) is 2.67. The molecular weight excluding hydrogens is 406 g/mol. The molecule has 0 aromatic carbocycles. The van der Waals surface area contributed by atoms with E-state index in [1.807, 2.05) is 20.8 Å². The van der Waals surface area contributed by atoms with Gasteiger partial charge in [0.1, 0.15) is 18.1 Å². The average molecular weight is 444 g/mol. The Morgan fingerprint density at radius 1 is 0.871 bits per heavy atom. The molecule has 0 unspecified atom stereocenters. The van der Waals surface area contributed by atoms with E-state index in [1.165, 1.54) is 13.8 Å². The van der Waals surface area contributed by atoms with E-state index in [9.17, 15) is 29.1 Å².